The smallest absolute Gasteiger partial charge is 0.191 e. The van der Waals surface area contributed by atoms with E-state index in [0.717, 1.165) is 32.8 Å². The van der Waals surface area contributed by atoms with E-state index in [1.54, 1.807) is 25.2 Å². The van der Waals surface area contributed by atoms with Gasteiger partial charge in [-0.2, -0.15) is 0 Å². The third-order valence-corrected chi connectivity index (χ3v) is 5.01. The first kappa shape index (κ1) is 25.4. The third kappa shape index (κ3) is 8.27. The third-order valence-electron chi connectivity index (χ3n) is 5.01. The molecule has 0 bridgehead atoms. The molecule has 6 nitrogen and oxygen atoms in total. The second-order valence-corrected chi connectivity index (χ2v) is 7.32. The van der Waals surface area contributed by atoms with Crippen molar-refractivity contribution in [2.45, 2.75) is 26.1 Å². The van der Waals surface area contributed by atoms with Crippen molar-refractivity contribution < 1.29 is 13.9 Å². The molecular formula is C23H32FIN4O2. The van der Waals surface area contributed by atoms with E-state index in [0.29, 0.717) is 19.0 Å². The summed E-state index contributed by atoms with van der Waals surface area (Å²) >= 11 is 0. The van der Waals surface area contributed by atoms with Gasteiger partial charge in [-0.3, -0.25) is 9.89 Å². The molecule has 170 valence electrons. The molecule has 1 unspecified atom stereocenters. The first-order chi connectivity index (χ1) is 14.7. The van der Waals surface area contributed by atoms with Crippen LogP contribution >= 0.6 is 24.0 Å². The van der Waals surface area contributed by atoms with Crippen LogP contribution in [-0.4, -0.2) is 56.9 Å². The van der Waals surface area contributed by atoms with Crippen molar-refractivity contribution in [2.24, 2.45) is 4.99 Å². The van der Waals surface area contributed by atoms with E-state index in [2.05, 4.69) is 44.8 Å². The maximum atomic E-state index is 13.7. The summed E-state index contributed by atoms with van der Waals surface area (Å²) in [4.78, 5) is 6.70. The van der Waals surface area contributed by atoms with Crippen molar-refractivity contribution in [1.29, 1.82) is 0 Å². The van der Waals surface area contributed by atoms with Gasteiger partial charge in [-0.05, 0) is 30.2 Å². The summed E-state index contributed by atoms with van der Waals surface area (Å²) in [5, 5.41) is 6.60. The predicted molar refractivity (Wildman–Crippen MR) is 133 cm³/mol. The molecule has 2 aromatic carbocycles. The number of morpholine rings is 1. The number of rotatable bonds is 8. The van der Waals surface area contributed by atoms with E-state index < -0.39 is 0 Å². The number of benzene rings is 2. The highest BCUT2D eigenvalue weighted by Crippen LogP contribution is 2.17. The van der Waals surface area contributed by atoms with Gasteiger partial charge in [0.25, 0.3) is 0 Å². The van der Waals surface area contributed by atoms with Gasteiger partial charge in [0, 0.05) is 33.2 Å². The van der Waals surface area contributed by atoms with Gasteiger partial charge in [0.2, 0.25) is 0 Å². The summed E-state index contributed by atoms with van der Waals surface area (Å²) in [6.07, 6.45) is -0.214. The average Bonchev–Trinajstić information content (AvgIpc) is 2.77. The number of halogens is 2. The quantitative estimate of drug-likeness (QED) is 0.304. The Morgan fingerprint density at radius 3 is 2.48 bits per heavy atom. The van der Waals surface area contributed by atoms with Gasteiger partial charge in [-0.1, -0.05) is 36.4 Å². The molecule has 0 radical (unpaired) electrons. The van der Waals surface area contributed by atoms with Crippen LogP contribution in [0, 0.1) is 5.82 Å². The van der Waals surface area contributed by atoms with Crippen molar-refractivity contribution in [2.75, 3.05) is 39.9 Å². The van der Waals surface area contributed by atoms with E-state index in [1.165, 1.54) is 17.2 Å². The monoisotopic (exact) mass is 542 g/mol. The molecule has 0 saturated carbocycles. The number of hydrogen-bond acceptors (Lipinski definition) is 4. The minimum absolute atomic E-state index is 0. The van der Waals surface area contributed by atoms with Crippen LogP contribution < -0.4 is 15.4 Å². The Labute approximate surface area is 201 Å². The lowest BCUT2D eigenvalue weighted by Crippen LogP contribution is -2.41. The second kappa shape index (κ2) is 13.5. The summed E-state index contributed by atoms with van der Waals surface area (Å²) in [6, 6.07) is 14.9. The molecule has 0 spiro atoms. The summed E-state index contributed by atoms with van der Waals surface area (Å²) in [6.45, 7) is 7.50. The predicted octanol–water partition coefficient (Wildman–Crippen LogP) is 3.41. The molecule has 0 amide bonds. The van der Waals surface area contributed by atoms with Gasteiger partial charge in [0.1, 0.15) is 6.10 Å². The van der Waals surface area contributed by atoms with Gasteiger partial charge in [-0.15, -0.1) is 24.0 Å². The zero-order valence-electron chi connectivity index (χ0n) is 18.1. The lowest BCUT2D eigenvalue weighted by atomic mass is 10.1. The van der Waals surface area contributed by atoms with Gasteiger partial charge >= 0.3 is 0 Å². The zero-order chi connectivity index (χ0) is 21.2. The average molecular weight is 542 g/mol. The van der Waals surface area contributed by atoms with Crippen LogP contribution in [0.2, 0.25) is 0 Å². The van der Waals surface area contributed by atoms with Gasteiger partial charge < -0.3 is 20.1 Å². The van der Waals surface area contributed by atoms with E-state index in [-0.39, 0.29) is 41.6 Å². The van der Waals surface area contributed by atoms with Crippen LogP contribution in [-0.2, 0) is 17.8 Å². The molecule has 0 aromatic heterocycles. The summed E-state index contributed by atoms with van der Waals surface area (Å²) in [5.74, 6) is 0.579. The lowest BCUT2D eigenvalue weighted by molar-refractivity contribution is 0.0341. The molecule has 3 rings (SSSR count). The molecule has 1 atom stereocenters. The molecule has 2 aromatic rings. The fourth-order valence-corrected chi connectivity index (χ4v) is 3.32. The molecule has 1 aliphatic rings. The molecular weight excluding hydrogens is 510 g/mol. The number of nitrogens with one attached hydrogen (secondary N) is 2. The van der Waals surface area contributed by atoms with E-state index >= 15 is 0 Å². The Morgan fingerprint density at radius 1 is 1.10 bits per heavy atom. The maximum absolute atomic E-state index is 13.7. The Hall–Kier alpha value is -1.91. The number of aliphatic imine (C=N–C) groups is 1. The topological polar surface area (TPSA) is 58.1 Å². The number of guanidine groups is 1. The van der Waals surface area contributed by atoms with Crippen molar-refractivity contribution in [3.05, 3.63) is 65.5 Å². The van der Waals surface area contributed by atoms with Gasteiger partial charge in [-0.25, -0.2) is 4.39 Å². The summed E-state index contributed by atoms with van der Waals surface area (Å²) < 4.78 is 24.9. The summed E-state index contributed by atoms with van der Waals surface area (Å²) in [5.41, 5.74) is 2.54. The SMILES string of the molecule is CN=C(NCc1ccccc1CN1CCOCC1)NCC(C)Oc1ccccc1F.I. The molecule has 1 fully saturated rings. The normalized spacial score (nSPS) is 15.6. The molecule has 31 heavy (non-hydrogen) atoms. The van der Waals surface area contributed by atoms with Crippen molar-refractivity contribution in [3.63, 3.8) is 0 Å². The van der Waals surface area contributed by atoms with Gasteiger partial charge in [0.15, 0.2) is 17.5 Å². The summed E-state index contributed by atoms with van der Waals surface area (Å²) in [7, 11) is 1.73. The zero-order valence-corrected chi connectivity index (χ0v) is 20.5. The van der Waals surface area contributed by atoms with E-state index in [9.17, 15) is 4.39 Å². The Morgan fingerprint density at radius 2 is 1.77 bits per heavy atom. The van der Waals surface area contributed by atoms with E-state index in [4.69, 9.17) is 9.47 Å². The lowest BCUT2D eigenvalue weighted by Gasteiger charge is -2.27. The van der Waals surface area contributed by atoms with Crippen LogP contribution in [0.1, 0.15) is 18.1 Å². The number of hydrogen-bond donors (Lipinski definition) is 2. The molecule has 1 heterocycles. The molecule has 2 N–H and O–H groups in total. The Kier molecular flexibility index (Phi) is 11.0. The molecule has 1 aliphatic heterocycles. The first-order valence-corrected chi connectivity index (χ1v) is 10.4. The Balaban J connectivity index is 0.00000341. The molecule has 0 aliphatic carbocycles. The minimum Gasteiger partial charge on any atom is -0.486 e. The van der Waals surface area contributed by atoms with Crippen LogP contribution in [0.5, 0.6) is 5.75 Å². The number of ether oxygens (including phenoxy) is 2. The molecule has 8 heteroatoms. The highest BCUT2D eigenvalue weighted by molar-refractivity contribution is 14.0. The van der Waals surface area contributed by atoms with Crippen molar-refractivity contribution >= 4 is 29.9 Å². The minimum atomic E-state index is -0.358. The van der Waals surface area contributed by atoms with Crippen LogP contribution in [0.25, 0.3) is 0 Å². The van der Waals surface area contributed by atoms with Crippen LogP contribution in [0.3, 0.4) is 0 Å². The highest BCUT2D eigenvalue weighted by Gasteiger charge is 2.13. The highest BCUT2D eigenvalue weighted by atomic mass is 127. The van der Waals surface area contributed by atoms with Crippen molar-refractivity contribution in [1.82, 2.24) is 15.5 Å². The van der Waals surface area contributed by atoms with Gasteiger partial charge in [0.05, 0.1) is 19.8 Å². The molecule has 1 saturated heterocycles. The van der Waals surface area contributed by atoms with Crippen LogP contribution in [0.4, 0.5) is 4.39 Å². The van der Waals surface area contributed by atoms with E-state index in [1.807, 2.05) is 6.92 Å². The largest absolute Gasteiger partial charge is 0.486 e. The fourth-order valence-electron chi connectivity index (χ4n) is 3.32. The Bertz CT molecular complexity index is 831. The first-order valence-electron chi connectivity index (χ1n) is 10.4. The number of para-hydroxylation sites is 1. The van der Waals surface area contributed by atoms with Crippen LogP contribution in [0.15, 0.2) is 53.5 Å². The number of nitrogens with zero attached hydrogens (tertiary/aromatic N) is 2. The maximum Gasteiger partial charge on any atom is 0.191 e. The second-order valence-electron chi connectivity index (χ2n) is 7.32. The van der Waals surface area contributed by atoms with Crippen molar-refractivity contribution in [3.8, 4) is 5.75 Å². The fraction of sp³-hybridized carbons (Fsp3) is 0.435. The standard InChI is InChI=1S/C23H31FN4O2.HI/c1-18(30-22-10-6-5-9-21(22)24)15-26-23(25-2)27-16-19-7-3-4-8-20(19)17-28-11-13-29-14-12-28;/h3-10,18H,11-17H2,1-2H3,(H2,25,26,27);1H.